The molecule has 0 aliphatic heterocycles. The normalized spacial score (nSPS) is 10.3. The van der Waals surface area contributed by atoms with Gasteiger partial charge >= 0.3 is 5.69 Å². The van der Waals surface area contributed by atoms with Gasteiger partial charge in [0.1, 0.15) is 19.4 Å². The van der Waals surface area contributed by atoms with Crippen LogP contribution in [0.15, 0.2) is 6.33 Å². The van der Waals surface area contributed by atoms with Gasteiger partial charge in [-0.1, -0.05) is 0 Å². The number of rotatable bonds is 5. The number of nitrogens with one attached hydrogen (secondary N) is 1. The third kappa shape index (κ3) is 4.28. The zero-order valence-electron chi connectivity index (χ0n) is 12.0. The van der Waals surface area contributed by atoms with Crippen molar-refractivity contribution in [3.8, 4) is 12.1 Å². The lowest BCUT2D eigenvalue weighted by atomic mass is 10.1. The van der Waals surface area contributed by atoms with Crippen LogP contribution in [0, 0.1) is 32.8 Å². The van der Waals surface area contributed by atoms with Crippen LogP contribution in [-0.2, 0) is 0 Å². The third-order valence-corrected chi connectivity index (χ3v) is 2.30. The Morgan fingerprint density at radius 1 is 1.33 bits per heavy atom. The van der Waals surface area contributed by atoms with E-state index in [2.05, 4.69) is 15.3 Å². The molecule has 1 aromatic heterocycles. The molecule has 0 aliphatic rings. The molecule has 0 aromatic carbocycles. The smallest absolute Gasteiger partial charge is 0.353 e. The van der Waals surface area contributed by atoms with Crippen molar-refractivity contribution in [2.45, 2.75) is 26.3 Å². The molecule has 0 amide bonds. The molecule has 9 nitrogen and oxygen atoms in total. The maximum absolute atomic E-state index is 11.3. The van der Waals surface area contributed by atoms with Crippen LogP contribution in [-0.4, -0.2) is 33.5 Å². The Hall–Kier alpha value is -2.94. The Morgan fingerprint density at radius 3 is 2.33 bits per heavy atom. The van der Waals surface area contributed by atoms with Gasteiger partial charge in [-0.2, -0.15) is 10.5 Å². The van der Waals surface area contributed by atoms with Crippen molar-refractivity contribution in [2.24, 2.45) is 0 Å². The average molecular weight is 289 g/mol. The van der Waals surface area contributed by atoms with Gasteiger partial charge < -0.3 is 10.2 Å². The Labute approximate surface area is 122 Å². The van der Waals surface area contributed by atoms with Crippen LogP contribution in [0.5, 0.6) is 0 Å². The molecule has 0 aliphatic carbocycles. The van der Waals surface area contributed by atoms with Gasteiger partial charge in [0.05, 0.1) is 17.1 Å². The average Bonchev–Trinajstić information content (AvgIpc) is 2.36. The van der Waals surface area contributed by atoms with Crippen LogP contribution in [0.25, 0.3) is 0 Å². The van der Waals surface area contributed by atoms with Gasteiger partial charge in [-0.15, -0.1) is 0 Å². The minimum Gasteiger partial charge on any atom is -0.360 e. The van der Waals surface area contributed by atoms with Gasteiger partial charge in [0.2, 0.25) is 11.6 Å². The topological polar surface area (TPSA) is 132 Å². The maximum Gasteiger partial charge on any atom is 0.353 e. The van der Waals surface area contributed by atoms with Gasteiger partial charge in [-0.3, -0.25) is 10.1 Å². The molecule has 0 bridgehead atoms. The molecule has 1 N–H and O–H groups in total. The predicted octanol–water partition coefficient (Wildman–Crippen LogP) is 1.45. The summed E-state index contributed by atoms with van der Waals surface area (Å²) in [5.41, 5.74) is -0.788. The molecule has 9 heteroatoms. The van der Waals surface area contributed by atoms with Crippen LogP contribution in [0.3, 0.4) is 0 Å². The standard InChI is InChI=1S/C12H15N7O2/c1-12(2,3)17-10-9(19(20)21)11(16-8-15-10)18(6-4-13)7-5-14/h8H,6-7H2,1-3H3,(H,15,16,17). The van der Waals surface area contributed by atoms with Crippen LogP contribution >= 0.6 is 0 Å². The van der Waals surface area contributed by atoms with Crippen molar-refractivity contribution in [3.05, 3.63) is 16.4 Å². The molecule has 0 radical (unpaired) electrons. The second kappa shape index (κ2) is 6.48. The van der Waals surface area contributed by atoms with E-state index < -0.39 is 10.5 Å². The van der Waals surface area contributed by atoms with E-state index in [1.54, 1.807) is 0 Å². The highest BCUT2D eigenvalue weighted by molar-refractivity contribution is 5.71. The molecule has 0 fully saturated rings. The number of nitrogens with zero attached hydrogens (tertiary/aromatic N) is 6. The Kier molecular flexibility index (Phi) is 4.97. The Morgan fingerprint density at radius 2 is 1.90 bits per heavy atom. The molecule has 21 heavy (non-hydrogen) atoms. The van der Waals surface area contributed by atoms with Gasteiger partial charge in [-0.05, 0) is 20.8 Å². The van der Waals surface area contributed by atoms with E-state index in [1.807, 2.05) is 32.9 Å². The second-order valence-electron chi connectivity index (χ2n) is 5.20. The van der Waals surface area contributed by atoms with Crippen molar-refractivity contribution in [1.82, 2.24) is 9.97 Å². The van der Waals surface area contributed by atoms with E-state index >= 15 is 0 Å². The Bertz CT molecular complexity index is 594. The highest BCUT2D eigenvalue weighted by Crippen LogP contribution is 2.32. The fourth-order valence-corrected chi connectivity index (χ4v) is 1.59. The number of hydrogen-bond acceptors (Lipinski definition) is 8. The van der Waals surface area contributed by atoms with Crippen LogP contribution in [0.1, 0.15) is 20.8 Å². The number of nitro groups is 1. The van der Waals surface area contributed by atoms with Crippen molar-refractivity contribution in [1.29, 1.82) is 10.5 Å². The quantitative estimate of drug-likeness (QED) is 0.489. The molecular formula is C12H15N7O2. The van der Waals surface area contributed by atoms with E-state index in [4.69, 9.17) is 10.5 Å². The molecule has 1 heterocycles. The van der Waals surface area contributed by atoms with Gasteiger partial charge in [-0.25, -0.2) is 9.97 Å². The summed E-state index contributed by atoms with van der Waals surface area (Å²) in [6, 6.07) is 3.71. The molecule has 0 saturated heterocycles. The van der Waals surface area contributed by atoms with Crippen molar-refractivity contribution in [3.63, 3.8) is 0 Å². The zero-order chi connectivity index (χ0) is 16.0. The first-order chi connectivity index (χ1) is 9.80. The summed E-state index contributed by atoms with van der Waals surface area (Å²) in [4.78, 5) is 19.7. The second-order valence-corrected chi connectivity index (χ2v) is 5.20. The Balaban J connectivity index is 3.39. The molecule has 110 valence electrons. The van der Waals surface area contributed by atoms with E-state index in [0.29, 0.717) is 0 Å². The van der Waals surface area contributed by atoms with E-state index in [0.717, 1.165) is 6.33 Å². The van der Waals surface area contributed by atoms with Crippen LogP contribution in [0.4, 0.5) is 17.3 Å². The summed E-state index contributed by atoms with van der Waals surface area (Å²) in [6.45, 7) is 5.14. The lowest BCUT2D eigenvalue weighted by molar-refractivity contribution is -0.383. The van der Waals surface area contributed by atoms with Gasteiger partial charge in [0.25, 0.3) is 0 Å². The minimum absolute atomic E-state index is 0.0511. The van der Waals surface area contributed by atoms with E-state index in [1.165, 1.54) is 4.90 Å². The lowest BCUT2D eigenvalue weighted by Crippen LogP contribution is -2.29. The number of aromatic nitrogens is 2. The summed E-state index contributed by atoms with van der Waals surface area (Å²) in [5, 5.41) is 31.8. The summed E-state index contributed by atoms with van der Waals surface area (Å²) in [6.07, 6.45) is 1.16. The summed E-state index contributed by atoms with van der Waals surface area (Å²) >= 11 is 0. The maximum atomic E-state index is 11.3. The van der Waals surface area contributed by atoms with Crippen molar-refractivity contribution >= 4 is 17.3 Å². The molecule has 0 atom stereocenters. The fourth-order valence-electron chi connectivity index (χ4n) is 1.59. The molecule has 0 unspecified atom stereocenters. The number of nitriles is 2. The highest BCUT2D eigenvalue weighted by atomic mass is 16.6. The van der Waals surface area contributed by atoms with Crippen LogP contribution < -0.4 is 10.2 Å². The highest BCUT2D eigenvalue weighted by Gasteiger charge is 2.28. The largest absolute Gasteiger partial charge is 0.360 e. The molecule has 0 spiro atoms. The first-order valence-electron chi connectivity index (χ1n) is 6.06. The summed E-state index contributed by atoms with van der Waals surface area (Å²) in [5.74, 6) is 0.00299. The summed E-state index contributed by atoms with van der Waals surface area (Å²) < 4.78 is 0. The molecule has 1 rings (SSSR count). The minimum atomic E-state index is -0.620. The van der Waals surface area contributed by atoms with Crippen molar-refractivity contribution < 1.29 is 4.92 Å². The van der Waals surface area contributed by atoms with Gasteiger partial charge in [0.15, 0.2) is 0 Å². The predicted molar refractivity (Wildman–Crippen MR) is 75.5 cm³/mol. The van der Waals surface area contributed by atoms with E-state index in [9.17, 15) is 10.1 Å². The number of hydrogen-bond donors (Lipinski definition) is 1. The lowest BCUT2D eigenvalue weighted by Gasteiger charge is -2.23. The third-order valence-electron chi connectivity index (χ3n) is 2.30. The molecule has 1 aromatic rings. The monoisotopic (exact) mass is 289 g/mol. The van der Waals surface area contributed by atoms with Crippen LogP contribution in [0.2, 0.25) is 0 Å². The summed E-state index contributed by atoms with van der Waals surface area (Å²) in [7, 11) is 0. The van der Waals surface area contributed by atoms with Gasteiger partial charge in [0, 0.05) is 5.54 Å². The zero-order valence-corrected chi connectivity index (χ0v) is 12.0. The fraction of sp³-hybridized carbons (Fsp3) is 0.500. The molecule has 0 saturated carbocycles. The van der Waals surface area contributed by atoms with Crippen molar-refractivity contribution in [2.75, 3.05) is 23.3 Å². The molecular weight excluding hydrogens is 274 g/mol. The number of anilines is 2. The first-order valence-corrected chi connectivity index (χ1v) is 6.06. The SMILES string of the molecule is CC(C)(C)Nc1ncnc(N(CC#N)CC#N)c1[N+](=O)[O-]. The first kappa shape index (κ1) is 16.1. The van der Waals surface area contributed by atoms with E-state index in [-0.39, 0.29) is 30.4 Å².